The normalized spacial score (nSPS) is 16.4. The lowest BCUT2D eigenvalue weighted by Gasteiger charge is -2.27. The van der Waals surface area contributed by atoms with Crippen molar-refractivity contribution < 1.29 is 19.1 Å². The maximum atomic E-state index is 12.5. The van der Waals surface area contributed by atoms with E-state index in [9.17, 15) is 9.59 Å². The van der Waals surface area contributed by atoms with Crippen LogP contribution in [0.25, 0.3) is 0 Å². The van der Waals surface area contributed by atoms with Crippen LogP contribution in [0.1, 0.15) is 82.1 Å². The van der Waals surface area contributed by atoms with Crippen LogP contribution in [0.15, 0.2) is 0 Å². The summed E-state index contributed by atoms with van der Waals surface area (Å²) in [4.78, 5) is 24.8. The van der Waals surface area contributed by atoms with Gasteiger partial charge in [-0.05, 0) is 52.4 Å². The lowest BCUT2D eigenvalue weighted by atomic mass is 10.0. The Hall–Kier alpha value is -1.14. The van der Waals surface area contributed by atoms with Crippen molar-refractivity contribution in [3.05, 3.63) is 0 Å². The van der Waals surface area contributed by atoms with Gasteiger partial charge in [-0.1, -0.05) is 41.5 Å². The quantitative estimate of drug-likeness (QED) is 0.459. The van der Waals surface area contributed by atoms with Gasteiger partial charge in [-0.15, -0.1) is 0 Å². The van der Waals surface area contributed by atoms with Crippen molar-refractivity contribution in [3.8, 4) is 0 Å². The Morgan fingerprint density at radius 3 is 1.57 bits per heavy atom. The first-order valence-corrected chi connectivity index (χ1v) is 10.8. The summed E-state index contributed by atoms with van der Waals surface area (Å²) in [6.07, 6.45) is 1.23. The van der Waals surface area contributed by atoms with E-state index in [1.54, 1.807) is 0 Å². The number of hydrogen-bond acceptors (Lipinski definition) is 6. The fourth-order valence-electron chi connectivity index (χ4n) is 2.94. The molecule has 0 spiro atoms. The number of ether oxygens (including phenoxy) is 2. The van der Waals surface area contributed by atoms with Crippen molar-refractivity contribution in [2.24, 2.45) is 11.8 Å². The van der Waals surface area contributed by atoms with Crippen LogP contribution in [0.5, 0.6) is 0 Å². The number of rotatable bonds is 13. The van der Waals surface area contributed by atoms with Gasteiger partial charge >= 0.3 is 11.9 Å². The largest absolute Gasteiger partial charge is 0.462 e. The van der Waals surface area contributed by atoms with Gasteiger partial charge in [0.05, 0.1) is 12.2 Å². The highest BCUT2D eigenvalue weighted by Gasteiger charge is 2.27. The summed E-state index contributed by atoms with van der Waals surface area (Å²) in [6, 6.07) is -0.300. The molecule has 0 aromatic carbocycles. The predicted octanol–water partition coefficient (Wildman–Crippen LogP) is 3.68. The summed E-state index contributed by atoms with van der Waals surface area (Å²) in [6.45, 7) is 19.8. The molecule has 0 aliphatic heterocycles. The maximum absolute atomic E-state index is 12.5. The summed E-state index contributed by atoms with van der Waals surface area (Å²) in [5.74, 6) is -0.104. The van der Waals surface area contributed by atoms with E-state index in [0.29, 0.717) is 0 Å². The van der Waals surface area contributed by atoms with Crippen molar-refractivity contribution in [1.82, 2.24) is 10.6 Å². The molecular formula is C22H44N2O4. The van der Waals surface area contributed by atoms with Gasteiger partial charge in [0.2, 0.25) is 0 Å². The van der Waals surface area contributed by atoms with E-state index in [1.165, 1.54) is 0 Å². The number of carbonyl (C=O) groups excluding carboxylic acids is 2. The zero-order chi connectivity index (χ0) is 22.0. The summed E-state index contributed by atoms with van der Waals surface area (Å²) in [5.41, 5.74) is 0. The van der Waals surface area contributed by atoms with Gasteiger partial charge in [0.25, 0.3) is 0 Å². The van der Waals surface area contributed by atoms with Gasteiger partial charge in [-0.25, -0.2) is 0 Å². The van der Waals surface area contributed by atoms with Gasteiger partial charge in [0.15, 0.2) is 0 Å². The molecule has 0 aliphatic rings. The highest BCUT2D eigenvalue weighted by Crippen LogP contribution is 2.13. The maximum Gasteiger partial charge on any atom is 0.323 e. The molecule has 0 aliphatic carbocycles. The van der Waals surface area contributed by atoms with Crippen LogP contribution in [-0.2, 0) is 19.1 Å². The van der Waals surface area contributed by atoms with Gasteiger partial charge in [-0.3, -0.25) is 9.59 Å². The van der Waals surface area contributed by atoms with Gasteiger partial charge < -0.3 is 20.1 Å². The Bertz CT molecular complexity index is 463. The third kappa shape index (κ3) is 11.0. The van der Waals surface area contributed by atoms with E-state index in [-0.39, 0.29) is 60.1 Å². The number of esters is 2. The highest BCUT2D eigenvalue weighted by atomic mass is 16.5. The average Bonchev–Trinajstić information content (AvgIpc) is 2.54. The minimum Gasteiger partial charge on any atom is -0.462 e. The van der Waals surface area contributed by atoms with Crippen molar-refractivity contribution in [2.75, 3.05) is 0 Å². The van der Waals surface area contributed by atoms with Crippen LogP contribution >= 0.6 is 0 Å². The van der Waals surface area contributed by atoms with Gasteiger partial charge in [0.1, 0.15) is 12.1 Å². The lowest BCUT2D eigenvalue weighted by molar-refractivity contribution is -0.152. The Morgan fingerprint density at radius 1 is 0.679 bits per heavy atom. The molecule has 28 heavy (non-hydrogen) atoms. The van der Waals surface area contributed by atoms with Crippen molar-refractivity contribution >= 4 is 11.9 Å². The highest BCUT2D eigenvalue weighted by molar-refractivity contribution is 5.76. The molecule has 166 valence electrons. The SMILES string of the molecule is CC(C)N[C@@H](C(=O)OC(C)CCC(C)NC(C(=O)OC(C)C)C(C)C)C(C)C. The second-order valence-corrected chi connectivity index (χ2v) is 9.14. The van der Waals surface area contributed by atoms with Crippen molar-refractivity contribution in [1.29, 1.82) is 0 Å². The van der Waals surface area contributed by atoms with E-state index < -0.39 is 0 Å². The Kier molecular flexibility index (Phi) is 12.6. The molecule has 0 aromatic heterocycles. The lowest BCUT2D eigenvalue weighted by Crippen LogP contribution is -2.47. The van der Waals surface area contributed by atoms with Crippen molar-refractivity contribution in [2.45, 2.75) is 118 Å². The molecule has 0 amide bonds. The first-order chi connectivity index (χ1) is 12.8. The van der Waals surface area contributed by atoms with Crippen LogP contribution in [0.3, 0.4) is 0 Å². The van der Waals surface area contributed by atoms with E-state index >= 15 is 0 Å². The zero-order valence-electron chi connectivity index (χ0n) is 19.7. The number of hydrogen-bond donors (Lipinski definition) is 2. The standard InChI is InChI=1S/C22H44N2O4/c1-13(2)19(23-15(5)6)22(26)28-18(10)12-11-17(9)24-20(14(3)4)21(25)27-16(7)8/h13-20,23-24H,11-12H2,1-10H3/t17?,18?,19-,20?/m1/s1. The topological polar surface area (TPSA) is 76.7 Å². The van der Waals surface area contributed by atoms with E-state index in [1.807, 2.05) is 69.2 Å². The summed E-state index contributed by atoms with van der Waals surface area (Å²) < 4.78 is 11.0. The molecule has 6 nitrogen and oxygen atoms in total. The second-order valence-electron chi connectivity index (χ2n) is 9.14. The number of nitrogens with one attached hydrogen (secondary N) is 2. The smallest absolute Gasteiger partial charge is 0.323 e. The Labute approximate surface area is 172 Å². The molecule has 2 N–H and O–H groups in total. The van der Waals surface area contributed by atoms with Gasteiger partial charge in [-0.2, -0.15) is 0 Å². The van der Waals surface area contributed by atoms with E-state index in [0.717, 1.165) is 12.8 Å². The summed E-state index contributed by atoms with van der Waals surface area (Å²) in [5, 5.41) is 6.65. The molecule has 0 saturated heterocycles. The first kappa shape index (κ1) is 26.9. The van der Waals surface area contributed by atoms with E-state index in [2.05, 4.69) is 10.6 Å². The molecule has 4 atom stereocenters. The molecule has 0 rings (SSSR count). The average molecular weight is 401 g/mol. The summed E-state index contributed by atoms with van der Waals surface area (Å²) in [7, 11) is 0. The van der Waals surface area contributed by atoms with Crippen LogP contribution in [-0.4, -0.2) is 48.3 Å². The third-order valence-corrected chi connectivity index (χ3v) is 4.49. The Balaban J connectivity index is 4.57. The van der Waals surface area contributed by atoms with Crippen LogP contribution in [0, 0.1) is 11.8 Å². The number of carbonyl (C=O) groups is 2. The molecule has 0 radical (unpaired) electrons. The molecule has 0 bridgehead atoms. The second kappa shape index (κ2) is 13.2. The van der Waals surface area contributed by atoms with Crippen LogP contribution in [0.4, 0.5) is 0 Å². The summed E-state index contributed by atoms with van der Waals surface area (Å²) >= 11 is 0. The first-order valence-electron chi connectivity index (χ1n) is 10.8. The zero-order valence-corrected chi connectivity index (χ0v) is 19.7. The van der Waals surface area contributed by atoms with Gasteiger partial charge in [0, 0.05) is 12.1 Å². The fourth-order valence-corrected chi connectivity index (χ4v) is 2.94. The third-order valence-electron chi connectivity index (χ3n) is 4.49. The molecule has 3 unspecified atom stereocenters. The molecule has 0 aromatic rings. The Morgan fingerprint density at radius 2 is 1.14 bits per heavy atom. The molecule has 0 heterocycles. The van der Waals surface area contributed by atoms with E-state index in [4.69, 9.17) is 9.47 Å². The fraction of sp³-hybridized carbons (Fsp3) is 0.909. The minimum atomic E-state index is -0.337. The molecule has 6 heteroatoms. The minimum absolute atomic E-state index is 0.114. The van der Waals surface area contributed by atoms with Crippen LogP contribution < -0.4 is 10.6 Å². The molecular weight excluding hydrogens is 356 g/mol. The van der Waals surface area contributed by atoms with Crippen molar-refractivity contribution in [3.63, 3.8) is 0 Å². The predicted molar refractivity (Wildman–Crippen MR) is 114 cm³/mol. The molecule has 0 saturated carbocycles. The van der Waals surface area contributed by atoms with Crippen LogP contribution in [0.2, 0.25) is 0 Å². The monoisotopic (exact) mass is 400 g/mol. The molecule has 0 fully saturated rings.